The van der Waals surface area contributed by atoms with Gasteiger partial charge in [0.05, 0.1) is 22.8 Å². The van der Waals surface area contributed by atoms with Gasteiger partial charge in [0, 0.05) is 20.0 Å². The first kappa shape index (κ1) is 14.3. The van der Waals surface area contributed by atoms with Gasteiger partial charge in [-0.3, -0.25) is 0 Å². The molecule has 0 unspecified atom stereocenters. The number of anilines is 1. The molecule has 0 amide bonds. The highest BCUT2D eigenvalue weighted by Gasteiger charge is 2.09. The fourth-order valence-electron chi connectivity index (χ4n) is 2.20. The molecule has 104 valence electrons. The Labute approximate surface area is 141 Å². The molecule has 0 saturated heterocycles. The molecule has 0 aliphatic carbocycles. The quantitative estimate of drug-likeness (QED) is 0.473. The highest BCUT2D eigenvalue weighted by atomic mass is 127. The summed E-state index contributed by atoms with van der Waals surface area (Å²) in [6, 6.07) is 13.9. The van der Waals surface area contributed by atoms with Gasteiger partial charge in [-0.2, -0.15) is 5.26 Å². The molecule has 1 aromatic heterocycles. The maximum absolute atomic E-state index is 8.94. The average molecular weight is 405 g/mol. The molecule has 3 rings (SSSR count). The van der Waals surface area contributed by atoms with Crippen molar-refractivity contribution in [2.75, 3.05) is 4.72 Å². The minimum absolute atomic E-state index is 0.672. The summed E-state index contributed by atoms with van der Waals surface area (Å²) in [6.07, 6.45) is 2.02. The Morgan fingerprint density at radius 3 is 2.95 bits per heavy atom. The van der Waals surface area contributed by atoms with Crippen molar-refractivity contribution in [3.05, 3.63) is 57.3 Å². The number of aryl methyl sites for hydroxylation is 1. The van der Waals surface area contributed by atoms with Crippen LogP contribution in [0, 0.1) is 21.8 Å². The Balaban J connectivity index is 1.89. The van der Waals surface area contributed by atoms with Gasteiger partial charge in [0.25, 0.3) is 0 Å². The Hall–Kier alpha value is -1.65. The number of aromatic amines is 1. The summed E-state index contributed by atoms with van der Waals surface area (Å²) in [5.41, 5.74) is 4.09. The fraction of sp³-hybridized carbons (Fsp3) is 0.0625. The largest absolute Gasteiger partial charge is 0.358 e. The summed E-state index contributed by atoms with van der Waals surface area (Å²) in [5, 5.41) is 10.2. The van der Waals surface area contributed by atoms with E-state index in [1.807, 2.05) is 30.5 Å². The van der Waals surface area contributed by atoms with E-state index in [0.29, 0.717) is 5.56 Å². The van der Waals surface area contributed by atoms with Gasteiger partial charge in [-0.05, 0) is 71.3 Å². The number of fused-ring (bicyclic) bond motifs is 1. The standard InChI is InChI=1S/C16H12IN3S/c1-10-5-6-14(16-15(10)13(17)9-19-16)20-21-12-4-2-3-11(7-12)8-18/h2-7,9,19-20H,1H3. The van der Waals surface area contributed by atoms with E-state index in [1.165, 1.54) is 26.5 Å². The number of nitriles is 1. The van der Waals surface area contributed by atoms with Gasteiger partial charge >= 0.3 is 0 Å². The smallest absolute Gasteiger partial charge is 0.0992 e. The maximum atomic E-state index is 8.94. The van der Waals surface area contributed by atoms with Crippen LogP contribution in [0.4, 0.5) is 5.69 Å². The SMILES string of the molecule is Cc1ccc(NSc2cccc(C#N)c2)c2[nH]cc(I)c12. The summed E-state index contributed by atoms with van der Waals surface area (Å²) in [4.78, 5) is 4.34. The zero-order chi connectivity index (χ0) is 14.8. The van der Waals surface area contributed by atoms with Gasteiger partial charge in [0.15, 0.2) is 0 Å². The van der Waals surface area contributed by atoms with E-state index in [-0.39, 0.29) is 0 Å². The molecular formula is C16H12IN3S. The number of nitrogens with one attached hydrogen (secondary N) is 2. The first-order chi connectivity index (χ1) is 10.2. The van der Waals surface area contributed by atoms with Crippen LogP contribution in [0.15, 0.2) is 47.5 Å². The van der Waals surface area contributed by atoms with Crippen molar-refractivity contribution in [2.24, 2.45) is 0 Å². The number of hydrogen-bond donors (Lipinski definition) is 2. The molecule has 0 saturated carbocycles. The third-order valence-corrected chi connectivity index (χ3v) is 4.90. The molecule has 0 fully saturated rings. The van der Waals surface area contributed by atoms with Crippen molar-refractivity contribution < 1.29 is 0 Å². The number of aromatic nitrogens is 1. The van der Waals surface area contributed by atoms with Crippen molar-refractivity contribution in [2.45, 2.75) is 11.8 Å². The van der Waals surface area contributed by atoms with Crippen LogP contribution in [0.25, 0.3) is 10.9 Å². The Morgan fingerprint density at radius 1 is 1.29 bits per heavy atom. The third-order valence-electron chi connectivity index (χ3n) is 3.24. The topological polar surface area (TPSA) is 51.6 Å². The summed E-state index contributed by atoms with van der Waals surface area (Å²) < 4.78 is 4.59. The number of rotatable bonds is 3. The highest BCUT2D eigenvalue weighted by molar-refractivity contribution is 14.1. The lowest BCUT2D eigenvalue weighted by atomic mass is 10.1. The lowest BCUT2D eigenvalue weighted by molar-refractivity contribution is 1.40. The van der Waals surface area contributed by atoms with Crippen molar-refractivity contribution >= 4 is 51.1 Å². The first-order valence-corrected chi connectivity index (χ1v) is 8.28. The van der Waals surface area contributed by atoms with E-state index in [1.54, 1.807) is 0 Å². The van der Waals surface area contributed by atoms with E-state index < -0.39 is 0 Å². The molecule has 2 aromatic carbocycles. The van der Waals surface area contributed by atoms with Crippen LogP contribution in [0.2, 0.25) is 0 Å². The van der Waals surface area contributed by atoms with Gasteiger partial charge in [0.1, 0.15) is 0 Å². The normalized spacial score (nSPS) is 10.5. The molecule has 3 aromatic rings. The van der Waals surface area contributed by atoms with Gasteiger partial charge < -0.3 is 9.71 Å². The predicted octanol–water partition coefficient (Wildman–Crippen LogP) is 5.07. The number of benzene rings is 2. The predicted molar refractivity (Wildman–Crippen MR) is 96.4 cm³/mol. The molecule has 2 N–H and O–H groups in total. The van der Waals surface area contributed by atoms with E-state index in [2.05, 4.69) is 57.4 Å². The van der Waals surface area contributed by atoms with Gasteiger partial charge in [-0.15, -0.1) is 0 Å². The number of hydrogen-bond acceptors (Lipinski definition) is 3. The van der Waals surface area contributed by atoms with Gasteiger partial charge in [0.2, 0.25) is 0 Å². The third kappa shape index (κ3) is 2.87. The minimum Gasteiger partial charge on any atom is -0.358 e. The van der Waals surface area contributed by atoms with Crippen molar-refractivity contribution in [1.82, 2.24) is 4.98 Å². The lowest BCUT2D eigenvalue weighted by Gasteiger charge is -2.08. The molecule has 0 bridgehead atoms. The van der Waals surface area contributed by atoms with Crippen molar-refractivity contribution in [3.63, 3.8) is 0 Å². The van der Waals surface area contributed by atoms with E-state index in [4.69, 9.17) is 5.26 Å². The first-order valence-electron chi connectivity index (χ1n) is 6.38. The monoisotopic (exact) mass is 405 g/mol. The zero-order valence-corrected chi connectivity index (χ0v) is 14.2. The number of nitrogens with zero attached hydrogens (tertiary/aromatic N) is 1. The molecule has 0 radical (unpaired) electrons. The summed E-state index contributed by atoms with van der Waals surface area (Å²) >= 11 is 3.85. The molecule has 1 heterocycles. The van der Waals surface area contributed by atoms with Crippen LogP contribution in [0.5, 0.6) is 0 Å². The van der Waals surface area contributed by atoms with Gasteiger partial charge in [-0.1, -0.05) is 12.1 Å². The second-order valence-corrected chi connectivity index (χ2v) is 6.70. The molecule has 21 heavy (non-hydrogen) atoms. The van der Waals surface area contributed by atoms with E-state index >= 15 is 0 Å². The minimum atomic E-state index is 0.672. The van der Waals surface area contributed by atoms with Crippen molar-refractivity contribution in [1.29, 1.82) is 5.26 Å². The van der Waals surface area contributed by atoms with E-state index in [0.717, 1.165) is 16.1 Å². The second kappa shape index (κ2) is 6.00. The summed E-state index contributed by atoms with van der Waals surface area (Å²) in [5.74, 6) is 0. The van der Waals surface area contributed by atoms with Crippen LogP contribution in [0.3, 0.4) is 0 Å². The molecule has 5 heteroatoms. The summed E-state index contributed by atoms with van der Waals surface area (Å²) in [6.45, 7) is 2.12. The van der Waals surface area contributed by atoms with Crippen LogP contribution in [0.1, 0.15) is 11.1 Å². The lowest BCUT2D eigenvalue weighted by Crippen LogP contribution is -1.90. The highest BCUT2D eigenvalue weighted by Crippen LogP contribution is 2.32. The van der Waals surface area contributed by atoms with Crippen LogP contribution in [-0.4, -0.2) is 4.98 Å². The maximum Gasteiger partial charge on any atom is 0.0992 e. The zero-order valence-electron chi connectivity index (χ0n) is 11.3. The van der Waals surface area contributed by atoms with Crippen LogP contribution >= 0.6 is 34.5 Å². The Morgan fingerprint density at radius 2 is 2.14 bits per heavy atom. The average Bonchev–Trinajstić information content (AvgIpc) is 2.90. The molecule has 0 spiro atoms. The second-order valence-electron chi connectivity index (χ2n) is 4.66. The fourth-order valence-corrected chi connectivity index (χ4v) is 3.78. The molecule has 0 aliphatic heterocycles. The number of H-pyrrole nitrogens is 1. The van der Waals surface area contributed by atoms with Crippen molar-refractivity contribution in [3.8, 4) is 6.07 Å². The molecular weight excluding hydrogens is 393 g/mol. The van der Waals surface area contributed by atoms with E-state index in [9.17, 15) is 0 Å². The van der Waals surface area contributed by atoms with Crippen LogP contribution in [-0.2, 0) is 0 Å². The molecule has 0 atom stereocenters. The molecule has 3 nitrogen and oxygen atoms in total. The molecule has 0 aliphatic rings. The van der Waals surface area contributed by atoms with Crippen LogP contribution < -0.4 is 4.72 Å². The number of halogens is 1. The van der Waals surface area contributed by atoms with Gasteiger partial charge in [-0.25, -0.2) is 0 Å². The Bertz CT molecular complexity index is 848. The Kier molecular flexibility index (Phi) is 4.08. The summed E-state index contributed by atoms with van der Waals surface area (Å²) in [7, 11) is 0.